The molecule has 6 heteroatoms. The Morgan fingerprint density at radius 2 is 2.19 bits per heavy atom. The third-order valence-electron chi connectivity index (χ3n) is 2.88. The summed E-state index contributed by atoms with van der Waals surface area (Å²) in [7, 11) is 0. The Bertz CT molecular complexity index is 608. The van der Waals surface area contributed by atoms with Crippen molar-refractivity contribution in [3.05, 3.63) is 48.0 Å². The lowest BCUT2D eigenvalue weighted by molar-refractivity contribution is -0.114. The predicted octanol–water partition coefficient (Wildman–Crippen LogP) is 1.73. The molecular weight excluding hydrogens is 268 g/mol. The number of anilines is 1. The Morgan fingerprint density at radius 3 is 2.90 bits per heavy atom. The number of amides is 2. The summed E-state index contributed by atoms with van der Waals surface area (Å²) in [6.07, 6.45) is 5.09. The maximum Gasteiger partial charge on any atom is 0.251 e. The Balaban J connectivity index is 1.81. The monoisotopic (exact) mass is 286 g/mol. The third kappa shape index (κ3) is 4.76. The molecule has 0 aliphatic heterocycles. The summed E-state index contributed by atoms with van der Waals surface area (Å²) < 4.78 is 0. The number of rotatable bonds is 6. The second-order valence-electron chi connectivity index (χ2n) is 4.66. The standard InChI is InChI=1S/C15H18N4O2/c1-11(20)19-13-5-2-4-12(10-13)15(21)18-7-3-6-14-16-8-9-17-14/h2,4-5,8-10H,3,6-7H2,1H3,(H,16,17)(H,18,21)(H,19,20). The molecule has 3 N–H and O–H groups in total. The van der Waals surface area contributed by atoms with Crippen LogP contribution >= 0.6 is 0 Å². The highest BCUT2D eigenvalue weighted by Crippen LogP contribution is 2.10. The van der Waals surface area contributed by atoms with Crippen LogP contribution < -0.4 is 10.6 Å². The summed E-state index contributed by atoms with van der Waals surface area (Å²) in [6.45, 7) is 2.01. The molecule has 6 nitrogen and oxygen atoms in total. The van der Waals surface area contributed by atoms with Crippen molar-refractivity contribution in [3.8, 4) is 0 Å². The smallest absolute Gasteiger partial charge is 0.251 e. The molecule has 0 radical (unpaired) electrons. The molecule has 0 unspecified atom stereocenters. The number of nitrogens with one attached hydrogen (secondary N) is 3. The molecule has 2 rings (SSSR count). The maximum absolute atomic E-state index is 12.0. The number of hydrogen-bond donors (Lipinski definition) is 3. The van der Waals surface area contributed by atoms with Crippen LogP contribution in [0.3, 0.4) is 0 Å². The molecule has 0 aliphatic carbocycles. The number of hydrogen-bond acceptors (Lipinski definition) is 3. The van der Waals surface area contributed by atoms with Crippen LogP contribution in [0.15, 0.2) is 36.7 Å². The average Bonchev–Trinajstić information content (AvgIpc) is 2.96. The van der Waals surface area contributed by atoms with Gasteiger partial charge < -0.3 is 15.6 Å². The summed E-state index contributed by atoms with van der Waals surface area (Å²) in [6, 6.07) is 6.86. The largest absolute Gasteiger partial charge is 0.352 e. The molecular formula is C15H18N4O2. The van der Waals surface area contributed by atoms with E-state index in [1.54, 1.807) is 36.7 Å². The zero-order valence-corrected chi connectivity index (χ0v) is 11.8. The molecule has 2 amide bonds. The number of aryl methyl sites for hydroxylation is 1. The lowest BCUT2D eigenvalue weighted by atomic mass is 10.2. The van der Waals surface area contributed by atoms with E-state index >= 15 is 0 Å². The molecule has 0 bridgehead atoms. The molecule has 0 fully saturated rings. The topological polar surface area (TPSA) is 86.9 Å². The van der Waals surface area contributed by atoms with Crippen molar-refractivity contribution in [2.24, 2.45) is 0 Å². The van der Waals surface area contributed by atoms with Crippen LogP contribution in [-0.2, 0) is 11.2 Å². The lowest BCUT2D eigenvalue weighted by Crippen LogP contribution is -2.25. The second-order valence-corrected chi connectivity index (χ2v) is 4.66. The van der Waals surface area contributed by atoms with E-state index in [4.69, 9.17) is 0 Å². The first-order valence-electron chi connectivity index (χ1n) is 6.79. The third-order valence-corrected chi connectivity index (χ3v) is 2.88. The molecule has 110 valence electrons. The van der Waals surface area contributed by atoms with E-state index < -0.39 is 0 Å². The van der Waals surface area contributed by atoms with E-state index in [-0.39, 0.29) is 11.8 Å². The average molecular weight is 286 g/mol. The first-order valence-corrected chi connectivity index (χ1v) is 6.79. The van der Waals surface area contributed by atoms with Gasteiger partial charge >= 0.3 is 0 Å². The molecule has 21 heavy (non-hydrogen) atoms. The van der Waals surface area contributed by atoms with Crippen molar-refractivity contribution in [2.45, 2.75) is 19.8 Å². The normalized spacial score (nSPS) is 10.1. The number of imidazole rings is 1. The van der Waals surface area contributed by atoms with Gasteiger partial charge in [0.25, 0.3) is 5.91 Å². The van der Waals surface area contributed by atoms with Crippen molar-refractivity contribution in [1.82, 2.24) is 15.3 Å². The van der Waals surface area contributed by atoms with Gasteiger partial charge in [0.05, 0.1) is 0 Å². The zero-order valence-electron chi connectivity index (χ0n) is 11.8. The highest BCUT2D eigenvalue weighted by Gasteiger charge is 2.06. The Labute approximate surface area is 123 Å². The van der Waals surface area contributed by atoms with E-state index in [1.165, 1.54) is 6.92 Å². The number of carbonyl (C=O) groups excluding carboxylic acids is 2. The minimum Gasteiger partial charge on any atom is -0.352 e. The number of aromatic amines is 1. The fraction of sp³-hybridized carbons (Fsp3) is 0.267. The molecule has 0 spiro atoms. The van der Waals surface area contributed by atoms with Gasteiger partial charge in [-0.05, 0) is 24.6 Å². The molecule has 0 saturated carbocycles. The molecule has 1 heterocycles. The van der Waals surface area contributed by atoms with Gasteiger partial charge in [-0.3, -0.25) is 9.59 Å². The van der Waals surface area contributed by atoms with Gasteiger partial charge in [-0.2, -0.15) is 0 Å². The first-order chi connectivity index (χ1) is 10.1. The fourth-order valence-corrected chi connectivity index (χ4v) is 1.94. The zero-order chi connectivity index (χ0) is 15.1. The summed E-state index contributed by atoms with van der Waals surface area (Å²) in [4.78, 5) is 30.1. The van der Waals surface area contributed by atoms with Gasteiger partial charge in [0, 0.05) is 43.5 Å². The van der Waals surface area contributed by atoms with Crippen LogP contribution in [0.2, 0.25) is 0 Å². The van der Waals surface area contributed by atoms with Gasteiger partial charge in [-0.25, -0.2) is 4.98 Å². The number of benzene rings is 1. The van der Waals surface area contributed by atoms with Crippen molar-refractivity contribution in [3.63, 3.8) is 0 Å². The molecule has 0 aliphatic rings. The van der Waals surface area contributed by atoms with Crippen molar-refractivity contribution < 1.29 is 9.59 Å². The van der Waals surface area contributed by atoms with E-state index in [2.05, 4.69) is 20.6 Å². The van der Waals surface area contributed by atoms with Crippen LogP contribution in [0.25, 0.3) is 0 Å². The van der Waals surface area contributed by atoms with Crippen LogP contribution in [0.1, 0.15) is 29.5 Å². The van der Waals surface area contributed by atoms with Gasteiger partial charge in [0.2, 0.25) is 5.91 Å². The molecule has 0 saturated heterocycles. The molecule has 0 atom stereocenters. The van der Waals surface area contributed by atoms with E-state index in [1.807, 2.05) is 0 Å². The minimum absolute atomic E-state index is 0.151. The number of carbonyl (C=O) groups is 2. The van der Waals surface area contributed by atoms with Gasteiger partial charge in [0.15, 0.2) is 0 Å². The predicted molar refractivity (Wildman–Crippen MR) is 80.0 cm³/mol. The quantitative estimate of drug-likeness (QED) is 0.707. The van der Waals surface area contributed by atoms with E-state index in [0.29, 0.717) is 17.8 Å². The van der Waals surface area contributed by atoms with E-state index in [0.717, 1.165) is 18.7 Å². The maximum atomic E-state index is 12.0. The highest BCUT2D eigenvalue weighted by molar-refractivity contribution is 5.96. The first kappa shape index (κ1) is 14.8. The molecule has 2 aromatic rings. The van der Waals surface area contributed by atoms with Crippen LogP contribution in [0.4, 0.5) is 5.69 Å². The second kappa shape index (κ2) is 7.23. The van der Waals surface area contributed by atoms with Crippen LogP contribution in [0, 0.1) is 0 Å². The Hall–Kier alpha value is -2.63. The Morgan fingerprint density at radius 1 is 1.33 bits per heavy atom. The van der Waals surface area contributed by atoms with Gasteiger partial charge in [0.1, 0.15) is 5.82 Å². The highest BCUT2D eigenvalue weighted by atomic mass is 16.2. The summed E-state index contributed by atoms with van der Waals surface area (Å²) in [5.74, 6) is 0.601. The molecule has 1 aromatic heterocycles. The lowest BCUT2D eigenvalue weighted by Gasteiger charge is -2.07. The number of aromatic nitrogens is 2. The SMILES string of the molecule is CC(=O)Nc1cccc(C(=O)NCCCc2ncc[nH]2)c1. The van der Waals surface area contributed by atoms with Crippen LogP contribution in [0.5, 0.6) is 0 Å². The number of H-pyrrole nitrogens is 1. The summed E-state index contributed by atoms with van der Waals surface area (Å²) >= 11 is 0. The minimum atomic E-state index is -0.161. The van der Waals surface area contributed by atoms with Crippen molar-refractivity contribution in [1.29, 1.82) is 0 Å². The van der Waals surface area contributed by atoms with Crippen molar-refractivity contribution >= 4 is 17.5 Å². The summed E-state index contributed by atoms with van der Waals surface area (Å²) in [5.41, 5.74) is 1.14. The van der Waals surface area contributed by atoms with E-state index in [9.17, 15) is 9.59 Å². The van der Waals surface area contributed by atoms with Gasteiger partial charge in [-0.15, -0.1) is 0 Å². The summed E-state index contributed by atoms with van der Waals surface area (Å²) in [5, 5.41) is 5.50. The fourth-order valence-electron chi connectivity index (χ4n) is 1.94. The number of nitrogens with zero attached hydrogens (tertiary/aromatic N) is 1. The van der Waals surface area contributed by atoms with Gasteiger partial charge in [-0.1, -0.05) is 6.07 Å². The molecule has 1 aromatic carbocycles. The Kier molecular flexibility index (Phi) is 5.09. The van der Waals surface area contributed by atoms with Crippen molar-refractivity contribution in [2.75, 3.05) is 11.9 Å². The van der Waals surface area contributed by atoms with Crippen LogP contribution in [-0.4, -0.2) is 28.3 Å².